The van der Waals surface area contributed by atoms with Crippen LogP contribution in [0.4, 0.5) is 16.3 Å². The molecule has 1 aromatic heterocycles. The Balaban J connectivity index is 1.59. The smallest absolute Gasteiger partial charge is 0.319 e. The van der Waals surface area contributed by atoms with Crippen LogP contribution >= 0.6 is 0 Å². The van der Waals surface area contributed by atoms with Crippen molar-refractivity contribution in [2.24, 2.45) is 0 Å². The number of pyridine rings is 1. The molecule has 6 heteroatoms. The lowest BCUT2D eigenvalue weighted by molar-refractivity contribution is 0.252. The SMILES string of the molecule is Cc1ccc(NC(=O)NCCNc2nc3cc(C)cc(C)c3cc2C#N)cc1. The zero-order valence-corrected chi connectivity index (χ0v) is 16.3. The van der Waals surface area contributed by atoms with Gasteiger partial charge in [0, 0.05) is 24.2 Å². The van der Waals surface area contributed by atoms with E-state index in [1.54, 1.807) is 0 Å². The van der Waals surface area contributed by atoms with E-state index < -0.39 is 0 Å². The van der Waals surface area contributed by atoms with E-state index in [4.69, 9.17) is 0 Å². The predicted molar refractivity (Wildman–Crippen MR) is 113 cm³/mol. The van der Waals surface area contributed by atoms with Crippen molar-refractivity contribution < 1.29 is 4.79 Å². The van der Waals surface area contributed by atoms with Crippen LogP contribution in [-0.2, 0) is 0 Å². The van der Waals surface area contributed by atoms with Gasteiger partial charge in [-0.15, -0.1) is 0 Å². The number of anilines is 2. The van der Waals surface area contributed by atoms with E-state index in [1.165, 1.54) is 0 Å². The first-order valence-corrected chi connectivity index (χ1v) is 9.14. The third-order valence-corrected chi connectivity index (χ3v) is 4.42. The third-order valence-electron chi connectivity index (χ3n) is 4.42. The third kappa shape index (κ3) is 4.57. The Bertz CT molecular complexity index is 1050. The highest BCUT2D eigenvalue weighted by molar-refractivity contribution is 5.89. The molecule has 28 heavy (non-hydrogen) atoms. The fraction of sp³-hybridized carbons (Fsp3) is 0.227. The molecule has 2 amide bonds. The number of urea groups is 1. The molecule has 2 aromatic carbocycles. The number of carbonyl (C=O) groups excluding carboxylic acids is 1. The predicted octanol–water partition coefficient (Wildman–Crippen LogP) is 4.27. The molecule has 0 unspecified atom stereocenters. The molecule has 0 radical (unpaired) electrons. The Morgan fingerprint density at radius 2 is 1.79 bits per heavy atom. The summed E-state index contributed by atoms with van der Waals surface area (Å²) in [6, 6.07) is 15.4. The normalized spacial score (nSPS) is 10.4. The molecule has 1 heterocycles. The number of aryl methyl sites for hydroxylation is 3. The lowest BCUT2D eigenvalue weighted by Crippen LogP contribution is -2.32. The van der Waals surface area contributed by atoms with Crippen molar-refractivity contribution in [3.05, 3.63) is 64.7 Å². The van der Waals surface area contributed by atoms with Crippen molar-refractivity contribution in [3.8, 4) is 6.07 Å². The van der Waals surface area contributed by atoms with Gasteiger partial charge in [0.25, 0.3) is 0 Å². The number of hydrogen-bond acceptors (Lipinski definition) is 4. The standard InChI is InChI=1S/C22H23N5O/c1-14-4-6-18(7-5-14)26-22(28)25-9-8-24-21-17(13-23)12-19-16(3)10-15(2)11-20(19)27-21/h4-7,10-12H,8-9H2,1-3H3,(H,24,27)(H2,25,26,28). The molecule has 3 N–H and O–H groups in total. The summed E-state index contributed by atoms with van der Waals surface area (Å²) in [5.74, 6) is 0.528. The van der Waals surface area contributed by atoms with Crippen LogP contribution in [0.25, 0.3) is 10.9 Å². The van der Waals surface area contributed by atoms with Crippen LogP contribution < -0.4 is 16.0 Å². The number of hydrogen-bond donors (Lipinski definition) is 3. The molecule has 6 nitrogen and oxygen atoms in total. The van der Waals surface area contributed by atoms with Gasteiger partial charge in [-0.05, 0) is 56.2 Å². The minimum Gasteiger partial charge on any atom is -0.367 e. The molecule has 0 aliphatic rings. The zero-order chi connectivity index (χ0) is 20.1. The Hall–Kier alpha value is -3.59. The highest BCUT2D eigenvalue weighted by Crippen LogP contribution is 2.24. The van der Waals surface area contributed by atoms with Crippen molar-refractivity contribution in [1.29, 1.82) is 5.26 Å². The van der Waals surface area contributed by atoms with E-state index in [1.807, 2.05) is 57.2 Å². The summed E-state index contributed by atoms with van der Waals surface area (Å²) in [7, 11) is 0. The van der Waals surface area contributed by atoms with Gasteiger partial charge in [-0.25, -0.2) is 9.78 Å². The minimum absolute atomic E-state index is 0.274. The molecule has 3 aromatic rings. The summed E-state index contributed by atoms with van der Waals surface area (Å²) in [5.41, 5.74) is 5.44. The maximum Gasteiger partial charge on any atom is 0.319 e. The van der Waals surface area contributed by atoms with Gasteiger partial charge >= 0.3 is 6.03 Å². The monoisotopic (exact) mass is 373 g/mol. The average Bonchev–Trinajstić information content (AvgIpc) is 2.66. The van der Waals surface area contributed by atoms with Crippen molar-refractivity contribution in [2.75, 3.05) is 23.7 Å². The van der Waals surface area contributed by atoms with Crippen molar-refractivity contribution in [3.63, 3.8) is 0 Å². The first-order valence-electron chi connectivity index (χ1n) is 9.14. The van der Waals surface area contributed by atoms with Crippen LogP contribution in [0.5, 0.6) is 0 Å². The van der Waals surface area contributed by atoms with Crippen molar-refractivity contribution in [2.45, 2.75) is 20.8 Å². The summed E-state index contributed by atoms with van der Waals surface area (Å²) < 4.78 is 0. The lowest BCUT2D eigenvalue weighted by Gasteiger charge is -2.12. The molecule has 0 aliphatic carbocycles. The van der Waals surface area contributed by atoms with Crippen LogP contribution in [0.15, 0.2) is 42.5 Å². The van der Waals surface area contributed by atoms with Crippen LogP contribution in [0.1, 0.15) is 22.3 Å². The number of carbonyl (C=O) groups is 1. The van der Waals surface area contributed by atoms with Gasteiger partial charge in [0.05, 0.1) is 11.1 Å². The molecule has 142 valence electrons. The van der Waals surface area contributed by atoms with Gasteiger partial charge in [0.1, 0.15) is 11.9 Å². The van der Waals surface area contributed by atoms with Gasteiger partial charge in [-0.1, -0.05) is 23.8 Å². The van der Waals surface area contributed by atoms with E-state index in [0.717, 1.165) is 33.3 Å². The molecule has 0 spiro atoms. The quantitative estimate of drug-likeness (QED) is 0.583. The van der Waals surface area contributed by atoms with Gasteiger partial charge in [0.2, 0.25) is 0 Å². The van der Waals surface area contributed by atoms with Crippen molar-refractivity contribution in [1.82, 2.24) is 10.3 Å². The summed E-state index contributed by atoms with van der Waals surface area (Å²) in [6.45, 7) is 6.89. The second-order valence-electron chi connectivity index (χ2n) is 6.82. The zero-order valence-electron chi connectivity index (χ0n) is 16.3. The molecule has 0 aliphatic heterocycles. The fourth-order valence-corrected chi connectivity index (χ4v) is 3.02. The first kappa shape index (κ1) is 19.2. The number of nitrogens with one attached hydrogen (secondary N) is 3. The van der Waals surface area contributed by atoms with Gasteiger partial charge < -0.3 is 16.0 Å². The number of rotatable bonds is 5. The van der Waals surface area contributed by atoms with Gasteiger partial charge in [-0.3, -0.25) is 0 Å². The molecule has 0 fully saturated rings. The molecular formula is C22H23N5O. The van der Waals surface area contributed by atoms with E-state index in [2.05, 4.69) is 33.1 Å². The summed E-state index contributed by atoms with van der Waals surface area (Å²) >= 11 is 0. The summed E-state index contributed by atoms with van der Waals surface area (Å²) in [6.07, 6.45) is 0. The minimum atomic E-state index is -0.274. The maximum atomic E-state index is 12.0. The Morgan fingerprint density at radius 3 is 2.50 bits per heavy atom. The van der Waals surface area contributed by atoms with Crippen molar-refractivity contribution >= 4 is 28.4 Å². The molecule has 0 saturated heterocycles. The number of benzene rings is 2. The second kappa shape index (κ2) is 8.40. The van der Waals surface area contributed by atoms with E-state index in [0.29, 0.717) is 24.5 Å². The molecule has 0 saturated carbocycles. The number of aromatic nitrogens is 1. The fourth-order valence-electron chi connectivity index (χ4n) is 3.02. The maximum absolute atomic E-state index is 12.0. The molecule has 3 rings (SSSR count). The molecular weight excluding hydrogens is 350 g/mol. The number of fused-ring (bicyclic) bond motifs is 1. The average molecular weight is 373 g/mol. The highest BCUT2D eigenvalue weighted by atomic mass is 16.2. The van der Waals surface area contributed by atoms with Crippen LogP contribution in [0, 0.1) is 32.1 Å². The largest absolute Gasteiger partial charge is 0.367 e. The number of amides is 2. The van der Waals surface area contributed by atoms with Crippen LogP contribution in [-0.4, -0.2) is 24.1 Å². The van der Waals surface area contributed by atoms with Gasteiger partial charge in [0.15, 0.2) is 0 Å². The summed E-state index contributed by atoms with van der Waals surface area (Å²) in [4.78, 5) is 16.6. The Labute approximate surface area is 164 Å². The van der Waals surface area contributed by atoms with Crippen LogP contribution in [0.3, 0.4) is 0 Å². The highest BCUT2D eigenvalue weighted by Gasteiger charge is 2.09. The van der Waals surface area contributed by atoms with Gasteiger partial charge in [-0.2, -0.15) is 5.26 Å². The van der Waals surface area contributed by atoms with E-state index in [-0.39, 0.29) is 6.03 Å². The lowest BCUT2D eigenvalue weighted by atomic mass is 10.0. The Kier molecular flexibility index (Phi) is 5.75. The van der Waals surface area contributed by atoms with E-state index >= 15 is 0 Å². The van der Waals surface area contributed by atoms with E-state index in [9.17, 15) is 10.1 Å². The second-order valence-corrected chi connectivity index (χ2v) is 6.82. The Morgan fingerprint density at radius 1 is 1.04 bits per heavy atom. The molecule has 0 atom stereocenters. The number of nitrogens with zero attached hydrogens (tertiary/aromatic N) is 2. The molecule has 0 bridgehead atoms. The first-order chi connectivity index (χ1) is 13.5. The van der Waals surface area contributed by atoms with Crippen LogP contribution in [0.2, 0.25) is 0 Å². The summed E-state index contributed by atoms with van der Waals surface area (Å²) in [5, 5.41) is 19.1. The number of nitriles is 1. The topological polar surface area (TPSA) is 89.8 Å².